The second-order valence-corrected chi connectivity index (χ2v) is 7.46. The average Bonchev–Trinajstić information content (AvgIpc) is 2.87. The maximum atomic E-state index is 12.9. The molecule has 1 aromatic heterocycles. The van der Waals surface area contributed by atoms with Gasteiger partial charge in [-0.25, -0.2) is 9.78 Å². The number of halogens is 1. The number of pyridine rings is 1. The molecule has 8 nitrogen and oxygen atoms in total. The molecule has 3 rings (SSSR count). The molecule has 9 heteroatoms. The van der Waals surface area contributed by atoms with Crippen LogP contribution in [-0.2, 0) is 15.1 Å². The fraction of sp³-hybridized carbons (Fsp3) is 0.263. The Morgan fingerprint density at radius 2 is 2.07 bits per heavy atom. The minimum absolute atomic E-state index is 0.328. The van der Waals surface area contributed by atoms with Gasteiger partial charge in [-0.15, -0.1) is 0 Å². The molecule has 1 unspecified atom stereocenters. The van der Waals surface area contributed by atoms with Gasteiger partial charge in [0.2, 0.25) is 5.91 Å². The first-order valence-electron chi connectivity index (χ1n) is 8.45. The van der Waals surface area contributed by atoms with Gasteiger partial charge in [0.1, 0.15) is 23.7 Å². The molecule has 0 saturated carbocycles. The summed E-state index contributed by atoms with van der Waals surface area (Å²) in [6, 6.07) is 7.95. The molecule has 2 aromatic rings. The summed E-state index contributed by atoms with van der Waals surface area (Å²) in [5.41, 5.74) is 0.187. The molecular formula is C19H19BrN4O4. The topological polar surface area (TPSA) is 101 Å². The molecule has 1 saturated heterocycles. The summed E-state index contributed by atoms with van der Waals surface area (Å²) in [5, 5.41) is 5.25. The quantitative estimate of drug-likeness (QED) is 0.687. The third kappa shape index (κ3) is 3.70. The SMILES string of the molecule is COc1ccc(C2(C)NC(=O)N(CC(=O)Nc3ccc(Br)cn3)C2=O)cc1C. The van der Waals surface area contributed by atoms with Gasteiger partial charge in [-0.05, 0) is 65.2 Å². The largest absolute Gasteiger partial charge is 0.496 e. The normalized spacial score (nSPS) is 18.8. The van der Waals surface area contributed by atoms with Crippen LogP contribution in [0.5, 0.6) is 5.75 Å². The lowest BCUT2D eigenvalue weighted by molar-refractivity contribution is -0.133. The molecule has 2 heterocycles. The number of ether oxygens (including phenoxy) is 1. The summed E-state index contributed by atoms with van der Waals surface area (Å²) >= 11 is 3.26. The van der Waals surface area contributed by atoms with E-state index in [1.807, 2.05) is 6.92 Å². The maximum absolute atomic E-state index is 12.9. The van der Waals surface area contributed by atoms with Crippen molar-refractivity contribution in [2.75, 3.05) is 19.0 Å². The summed E-state index contributed by atoms with van der Waals surface area (Å²) in [4.78, 5) is 42.5. The first-order chi connectivity index (χ1) is 13.2. The molecule has 1 aliphatic rings. The van der Waals surface area contributed by atoms with E-state index in [0.717, 1.165) is 14.9 Å². The number of aromatic nitrogens is 1. The lowest BCUT2D eigenvalue weighted by Gasteiger charge is -2.23. The number of carbonyl (C=O) groups is 3. The van der Waals surface area contributed by atoms with Crippen LogP contribution < -0.4 is 15.4 Å². The second-order valence-electron chi connectivity index (χ2n) is 6.54. The Morgan fingerprint density at radius 1 is 1.32 bits per heavy atom. The van der Waals surface area contributed by atoms with Gasteiger partial charge < -0.3 is 15.4 Å². The number of benzene rings is 1. The Balaban J connectivity index is 1.76. The van der Waals surface area contributed by atoms with Crippen LogP contribution in [0.4, 0.5) is 10.6 Å². The average molecular weight is 447 g/mol. The number of nitrogens with one attached hydrogen (secondary N) is 2. The molecule has 0 radical (unpaired) electrons. The van der Waals surface area contributed by atoms with Gasteiger partial charge in [0, 0.05) is 10.7 Å². The molecule has 146 valence electrons. The van der Waals surface area contributed by atoms with Gasteiger partial charge in [0.15, 0.2) is 0 Å². The molecule has 1 aromatic carbocycles. The summed E-state index contributed by atoms with van der Waals surface area (Å²) in [6.45, 7) is 3.05. The van der Waals surface area contributed by atoms with Crippen molar-refractivity contribution in [3.63, 3.8) is 0 Å². The zero-order valence-electron chi connectivity index (χ0n) is 15.6. The molecule has 0 bridgehead atoms. The highest BCUT2D eigenvalue weighted by atomic mass is 79.9. The van der Waals surface area contributed by atoms with Crippen LogP contribution in [0.1, 0.15) is 18.1 Å². The highest BCUT2D eigenvalue weighted by Crippen LogP contribution is 2.31. The second kappa shape index (κ2) is 7.59. The van der Waals surface area contributed by atoms with Crippen LogP contribution in [0.2, 0.25) is 0 Å². The van der Waals surface area contributed by atoms with E-state index in [0.29, 0.717) is 17.1 Å². The van der Waals surface area contributed by atoms with Crippen molar-refractivity contribution in [1.82, 2.24) is 15.2 Å². The Hall–Kier alpha value is -2.94. The number of rotatable bonds is 5. The van der Waals surface area contributed by atoms with Crippen LogP contribution in [0.25, 0.3) is 0 Å². The Labute approximate surface area is 170 Å². The third-order valence-corrected chi connectivity index (χ3v) is 5.01. The van der Waals surface area contributed by atoms with Crippen LogP contribution in [0.3, 0.4) is 0 Å². The minimum Gasteiger partial charge on any atom is -0.496 e. The highest BCUT2D eigenvalue weighted by Gasteiger charge is 2.49. The van der Waals surface area contributed by atoms with E-state index < -0.39 is 29.9 Å². The molecule has 2 N–H and O–H groups in total. The molecular weight excluding hydrogens is 428 g/mol. The number of methoxy groups -OCH3 is 1. The number of hydrogen-bond donors (Lipinski definition) is 2. The van der Waals surface area contributed by atoms with Crippen molar-refractivity contribution in [2.24, 2.45) is 0 Å². The maximum Gasteiger partial charge on any atom is 0.325 e. The predicted octanol–water partition coefficient (Wildman–Crippen LogP) is 2.57. The fourth-order valence-corrected chi connectivity index (χ4v) is 3.24. The van der Waals surface area contributed by atoms with E-state index in [2.05, 4.69) is 31.5 Å². The highest BCUT2D eigenvalue weighted by molar-refractivity contribution is 9.10. The Bertz CT molecular complexity index is 947. The number of nitrogens with zero attached hydrogens (tertiary/aromatic N) is 2. The van der Waals surface area contributed by atoms with Gasteiger partial charge in [-0.3, -0.25) is 14.5 Å². The van der Waals surface area contributed by atoms with Crippen molar-refractivity contribution < 1.29 is 19.1 Å². The lowest BCUT2D eigenvalue weighted by Crippen LogP contribution is -2.42. The van der Waals surface area contributed by atoms with E-state index in [1.54, 1.807) is 44.4 Å². The number of amides is 4. The number of imide groups is 1. The zero-order chi connectivity index (χ0) is 20.5. The summed E-state index contributed by atoms with van der Waals surface area (Å²) in [7, 11) is 1.56. The van der Waals surface area contributed by atoms with Crippen LogP contribution >= 0.6 is 15.9 Å². The summed E-state index contributed by atoms with van der Waals surface area (Å²) in [5.74, 6) is -0.00869. The summed E-state index contributed by atoms with van der Waals surface area (Å²) < 4.78 is 6.01. The lowest BCUT2D eigenvalue weighted by atomic mass is 9.90. The van der Waals surface area contributed by atoms with E-state index in [4.69, 9.17) is 4.74 Å². The van der Waals surface area contributed by atoms with Crippen LogP contribution in [-0.4, -0.2) is 41.4 Å². The molecule has 28 heavy (non-hydrogen) atoms. The monoisotopic (exact) mass is 446 g/mol. The van der Waals surface area contributed by atoms with E-state index in [1.165, 1.54) is 6.20 Å². The van der Waals surface area contributed by atoms with Crippen molar-refractivity contribution in [3.05, 3.63) is 52.1 Å². The van der Waals surface area contributed by atoms with E-state index in [-0.39, 0.29) is 0 Å². The first kappa shape index (κ1) is 19.8. The van der Waals surface area contributed by atoms with Gasteiger partial charge in [0.05, 0.1) is 7.11 Å². The molecule has 0 spiro atoms. The van der Waals surface area contributed by atoms with Crippen molar-refractivity contribution in [3.8, 4) is 5.75 Å². The predicted molar refractivity (Wildman–Crippen MR) is 106 cm³/mol. The fourth-order valence-electron chi connectivity index (χ4n) is 3.00. The number of anilines is 1. The molecule has 1 aliphatic heterocycles. The number of urea groups is 1. The van der Waals surface area contributed by atoms with Crippen molar-refractivity contribution >= 4 is 39.6 Å². The standard InChI is InChI=1S/C19H19BrN4O4/c1-11-8-12(4-6-14(11)28-3)19(2)17(26)24(18(27)23-19)10-16(25)22-15-7-5-13(20)9-21-15/h4-9H,10H2,1-3H3,(H,23,27)(H,21,22,25). The Kier molecular flexibility index (Phi) is 5.37. The summed E-state index contributed by atoms with van der Waals surface area (Å²) in [6.07, 6.45) is 1.53. The number of aryl methyl sites for hydroxylation is 1. The molecule has 0 aliphatic carbocycles. The molecule has 1 atom stereocenters. The zero-order valence-corrected chi connectivity index (χ0v) is 17.2. The number of hydrogen-bond acceptors (Lipinski definition) is 5. The van der Waals surface area contributed by atoms with E-state index >= 15 is 0 Å². The Morgan fingerprint density at radius 3 is 2.68 bits per heavy atom. The van der Waals surface area contributed by atoms with Gasteiger partial charge >= 0.3 is 6.03 Å². The minimum atomic E-state index is -1.26. The number of carbonyl (C=O) groups excluding carboxylic acids is 3. The van der Waals surface area contributed by atoms with Crippen LogP contribution in [0, 0.1) is 6.92 Å². The van der Waals surface area contributed by atoms with Crippen molar-refractivity contribution in [2.45, 2.75) is 19.4 Å². The van der Waals surface area contributed by atoms with Crippen LogP contribution in [0.15, 0.2) is 41.0 Å². The molecule has 4 amide bonds. The van der Waals surface area contributed by atoms with Crippen molar-refractivity contribution in [1.29, 1.82) is 0 Å². The third-order valence-electron chi connectivity index (χ3n) is 4.54. The smallest absolute Gasteiger partial charge is 0.325 e. The van der Waals surface area contributed by atoms with Gasteiger partial charge in [-0.1, -0.05) is 6.07 Å². The van der Waals surface area contributed by atoms with Gasteiger partial charge in [-0.2, -0.15) is 0 Å². The van der Waals surface area contributed by atoms with E-state index in [9.17, 15) is 14.4 Å². The van der Waals surface area contributed by atoms with Gasteiger partial charge in [0.25, 0.3) is 5.91 Å². The first-order valence-corrected chi connectivity index (χ1v) is 9.24. The molecule has 1 fully saturated rings.